The maximum atomic E-state index is 12.4. The van der Waals surface area contributed by atoms with Gasteiger partial charge < -0.3 is 4.90 Å². The highest BCUT2D eigenvalue weighted by Crippen LogP contribution is 2.30. The van der Waals surface area contributed by atoms with E-state index >= 15 is 0 Å². The first kappa shape index (κ1) is 20.5. The summed E-state index contributed by atoms with van der Waals surface area (Å²) in [7, 11) is -1.23. The van der Waals surface area contributed by atoms with E-state index < -0.39 is 15.3 Å². The molecule has 0 amide bonds. The Kier molecular flexibility index (Phi) is 6.19. The number of nitriles is 1. The van der Waals surface area contributed by atoms with Crippen LogP contribution in [0.5, 0.6) is 0 Å². The van der Waals surface area contributed by atoms with Crippen LogP contribution in [-0.4, -0.2) is 44.7 Å². The third-order valence-corrected chi connectivity index (χ3v) is 7.31. The normalized spacial score (nSPS) is 20.8. The lowest BCUT2D eigenvalue weighted by Gasteiger charge is -2.37. The van der Waals surface area contributed by atoms with Crippen LogP contribution in [0.4, 0.5) is 0 Å². The molecule has 0 spiro atoms. The number of benzene rings is 2. The SMILES string of the molecule is CC(C)S(=O)(=O)N[C@@H]1CCN(C)C[C@H]1c1ccc(-c2ccc(C#N)cc2)cc1. The number of likely N-dealkylation sites (N-methyl/N-ethyl adjacent to an activating group) is 1. The van der Waals surface area contributed by atoms with Crippen LogP contribution in [0.15, 0.2) is 48.5 Å². The Bertz CT molecular complexity index is 945. The summed E-state index contributed by atoms with van der Waals surface area (Å²) in [4.78, 5) is 2.25. The molecule has 0 aromatic heterocycles. The van der Waals surface area contributed by atoms with Crippen molar-refractivity contribution in [3.8, 4) is 17.2 Å². The lowest BCUT2D eigenvalue weighted by molar-refractivity contribution is 0.219. The standard InChI is InChI=1S/C22H27N3O2S/c1-16(2)28(26,27)24-22-12-13-25(3)15-21(22)20-10-8-19(9-11-20)18-6-4-17(14-23)5-7-18/h4-11,16,21-22,24H,12-13,15H2,1-3H3/t21-,22+/m0/s1. The summed E-state index contributed by atoms with van der Waals surface area (Å²) < 4.78 is 27.7. The number of nitrogens with zero attached hydrogens (tertiary/aromatic N) is 2. The Morgan fingerprint density at radius 1 is 1.07 bits per heavy atom. The molecule has 5 nitrogen and oxygen atoms in total. The third kappa shape index (κ3) is 4.61. The second-order valence-corrected chi connectivity index (χ2v) is 10.1. The molecular formula is C22H27N3O2S. The molecule has 0 bridgehead atoms. The first-order chi connectivity index (χ1) is 13.3. The predicted octanol–water partition coefficient (Wildman–Crippen LogP) is 3.34. The van der Waals surface area contributed by atoms with Crippen LogP contribution in [-0.2, 0) is 10.0 Å². The molecule has 0 unspecified atom stereocenters. The maximum absolute atomic E-state index is 12.4. The van der Waals surface area contributed by atoms with Crippen LogP contribution in [0.2, 0.25) is 0 Å². The zero-order valence-corrected chi connectivity index (χ0v) is 17.4. The quantitative estimate of drug-likeness (QED) is 0.840. The minimum atomic E-state index is -3.31. The summed E-state index contributed by atoms with van der Waals surface area (Å²) in [5.74, 6) is 0.113. The number of rotatable bonds is 5. The molecule has 1 saturated heterocycles. The van der Waals surface area contributed by atoms with Gasteiger partial charge in [0.05, 0.1) is 16.9 Å². The van der Waals surface area contributed by atoms with Gasteiger partial charge in [0.1, 0.15) is 0 Å². The number of hydrogen-bond donors (Lipinski definition) is 1. The third-order valence-electron chi connectivity index (χ3n) is 5.44. The highest BCUT2D eigenvalue weighted by atomic mass is 32.2. The fourth-order valence-electron chi connectivity index (χ4n) is 3.60. The smallest absolute Gasteiger partial charge is 0.214 e. The largest absolute Gasteiger partial charge is 0.306 e. The minimum absolute atomic E-state index is 0.0932. The summed E-state index contributed by atoms with van der Waals surface area (Å²) in [5, 5.41) is 8.50. The molecule has 6 heteroatoms. The lowest BCUT2D eigenvalue weighted by Crippen LogP contribution is -2.50. The average Bonchev–Trinajstić information content (AvgIpc) is 2.69. The van der Waals surface area contributed by atoms with Crippen molar-refractivity contribution >= 4 is 10.0 Å². The van der Waals surface area contributed by atoms with Crippen LogP contribution in [0, 0.1) is 11.3 Å². The Balaban J connectivity index is 1.83. The molecular weight excluding hydrogens is 370 g/mol. The number of likely N-dealkylation sites (tertiary alicyclic amines) is 1. The van der Waals surface area contributed by atoms with E-state index in [0.29, 0.717) is 5.56 Å². The van der Waals surface area contributed by atoms with Gasteiger partial charge in [0, 0.05) is 18.5 Å². The summed E-state index contributed by atoms with van der Waals surface area (Å²) in [6, 6.07) is 17.9. The summed E-state index contributed by atoms with van der Waals surface area (Å²) in [5.41, 5.74) is 3.92. The maximum Gasteiger partial charge on any atom is 0.214 e. The lowest BCUT2D eigenvalue weighted by atomic mass is 9.86. The number of nitrogens with one attached hydrogen (secondary N) is 1. The topological polar surface area (TPSA) is 73.2 Å². The second-order valence-electron chi connectivity index (χ2n) is 7.79. The van der Waals surface area contributed by atoms with Crippen LogP contribution in [0.25, 0.3) is 11.1 Å². The molecule has 2 aromatic rings. The molecule has 1 aliphatic heterocycles. The van der Waals surface area contributed by atoms with Gasteiger partial charge in [-0.05, 0) is 62.7 Å². The molecule has 1 heterocycles. The van der Waals surface area contributed by atoms with Crippen molar-refractivity contribution in [1.29, 1.82) is 5.26 Å². The molecule has 1 aliphatic rings. The molecule has 0 radical (unpaired) electrons. The Hall–Kier alpha value is -2.20. The van der Waals surface area contributed by atoms with Gasteiger partial charge in [0.25, 0.3) is 0 Å². The first-order valence-corrected chi connectivity index (χ1v) is 11.1. The van der Waals surface area contributed by atoms with Crippen molar-refractivity contribution < 1.29 is 8.42 Å². The van der Waals surface area contributed by atoms with Gasteiger partial charge in [0.2, 0.25) is 10.0 Å². The van der Waals surface area contributed by atoms with E-state index in [1.807, 2.05) is 24.3 Å². The molecule has 0 saturated carbocycles. The van der Waals surface area contributed by atoms with Gasteiger partial charge >= 0.3 is 0 Å². The number of hydrogen-bond acceptors (Lipinski definition) is 4. The van der Waals surface area contributed by atoms with Crippen molar-refractivity contribution in [3.05, 3.63) is 59.7 Å². The van der Waals surface area contributed by atoms with Crippen LogP contribution >= 0.6 is 0 Å². The summed E-state index contributed by atoms with van der Waals surface area (Å²) in [6.07, 6.45) is 0.796. The predicted molar refractivity (Wildman–Crippen MR) is 112 cm³/mol. The van der Waals surface area contributed by atoms with E-state index in [0.717, 1.165) is 36.2 Å². The van der Waals surface area contributed by atoms with Crippen LogP contribution in [0.1, 0.15) is 37.3 Å². The molecule has 2 aromatic carbocycles. The van der Waals surface area contributed by atoms with E-state index in [1.54, 1.807) is 13.8 Å². The minimum Gasteiger partial charge on any atom is -0.306 e. The van der Waals surface area contributed by atoms with Gasteiger partial charge in [-0.15, -0.1) is 0 Å². The fourth-order valence-corrected chi connectivity index (χ4v) is 4.58. The highest BCUT2D eigenvalue weighted by Gasteiger charge is 2.32. The fraction of sp³-hybridized carbons (Fsp3) is 0.409. The van der Waals surface area contributed by atoms with Gasteiger partial charge in [-0.25, -0.2) is 13.1 Å². The van der Waals surface area contributed by atoms with Crippen molar-refractivity contribution in [3.63, 3.8) is 0 Å². The molecule has 2 atom stereocenters. The van der Waals surface area contributed by atoms with E-state index in [9.17, 15) is 8.42 Å². The Labute approximate surface area is 168 Å². The van der Waals surface area contributed by atoms with E-state index in [2.05, 4.69) is 47.0 Å². The van der Waals surface area contributed by atoms with Crippen LogP contribution < -0.4 is 4.72 Å². The van der Waals surface area contributed by atoms with Crippen molar-refractivity contribution in [2.24, 2.45) is 0 Å². The molecule has 1 fully saturated rings. The zero-order chi connectivity index (χ0) is 20.3. The van der Waals surface area contributed by atoms with Crippen molar-refractivity contribution in [1.82, 2.24) is 9.62 Å². The van der Waals surface area contributed by atoms with Gasteiger partial charge in [-0.3, -0.25) is 0 Å². The monoisotopic (exact) mass is 397 g/mol. The Morgan fingerprint density at radius 3 is 2.18 bits per heavy atom. The molecule has 0 aliphatic carbocycles. The molecule has 1 N–H and O–H groups in total. The van der Waals surface area contributed by atoms with Crippen molar-refractivity contribution in [2.75, 3.05) is 20.1 Å². The first-order valence-electron chi connectivity index (χ1n) is 9.60. The van der Waals surface area contributed by atoms with Gasteiger partial charge in [-0.1, -0.05) is 36.4 Å². The van der Waals surface area contributed by atoms with Gasteiger partial charge in [-0.2, -0.15) is 5.26 Å². The van der Waals surface area contributed by atoms with Gasteiger partial charge in [0.15, 0.2) is 0 Å². The number of piperidine rings is 1. The van der Waals surface area contributed by atoms with E-state index in [-0.39, 0.29) is 12.0 Å². The van der Waals surface area contributed by atoms with Crippen molar-refractivity contribution in [2.45, 2.75) is 37.5 Å². The zero-order valence-electron chi connectivity index (χ0n) is 16.6. The van der Waals surface area contributed by atoms with Crippen LogP contribution in [0.3, 0.4) is 0 Å². The summed E-state index contributed by atoms with van der Waals surface area (Å²) in [6.45, 7) is 5.12. The molecule has 3 rings (SSSR count). The van der Waals surface area contributed by atoms with E-state index in [1.165, 1.54) is 0 Å². The number of sulfonamides is 1. The molecule has 148 valence electrons. The second kappa shape index (κ2) is 8.44. The summed E-state index contributed by atoms with van der Waals surface area (Å²) >= 11 is 0. The highest BCUT2D eigenvalue weighted by molar-refractivity contribution is 7.90. The Morgan fingerprint density at radius 2 is 1.64 bits per heavy atom. The average molecular weight is 398 g/mol. The molecule has 28 heavy (non-hydrogen) atoms. The van der Waals surface area contributed by atoms with E-state index in [4.69, 9.17) is 5.26 Å².